The second-order valence-electron chi connectivity index (χ2n) is 13.5. The average molecular weight is 577 g/mol. The summed E-state index contributed by atoms with van der Waals surface area (Å²) in [5, 5.41) is 15.1. The molecule has 7 atom stereocenters. The number of carbonyl (C=O) groups excluding carboxylic acids is 2. The van der Waals surface area contributed by atoms with E-state index in [9.17, 15) is 14.7 Å². The Morgan fingerprint density at radius 2 is 1.78 bits per heavy atom. The van der Waals surface area contributed by atoms with Crippen molar-refractivity contribution in [3.63, 3.8) is 0 Å². The normalized spacial score (nSPS) is 37.2. The number of carbonyl (C=O) groups is 2. The van der Waals surface area contributed by atoms with E-state index in [4.69, 9.17) is 14.2 Å². The summed E-state index contributed by atoms with van der Waals surface area (Å²) >= 11 is 1.31. The van der Waals surface area contributed by atoms with E-state index in [2.05, 4.69) is 20.8 Å². The fourth-order valence-electron chi connectivity index (χ4n) is 7.83. The molecule has 3 aliphatic carbocycles. The summed E-state index contributed by atoms with van der Waals surface area (Å²) in [5.74, 6) is -2.03. The lowest BCUT2D eigenvalue weighted by Gasteiger charge is -2.52. The molecule has 0 amide bonds. The zero-order valence-electron chi connectivity index (χ0n) is 24.9. The Balaban J connectivity index is 1.50. The van der Waals surface area contributed by atoms with Crippen LogP contribution < -0.4 is 0 Å². The van der Waals surface area contributed by atoms with E-state index in [0.29, 0.717) is 10.5 Å². The standard InChI is InChI=1S/C34H40O6S/c1-19-17-33-21(3)15-20(2)31(4,5)25(27(33)35)16-23-18-38-32(6,7)40-29(23)34(33,37)28(19)39-30(36)26-24(13-14-41-26)22-11-9-8-10-12-22/h8-14,16-17,20-21,25,28-29,37H,15,18H2,1-7H3/t20-,21?,25+,28-,29+,33?,34+/m0/s1. The molecule has 1 spiro atoms. The van der Waals surface area contributed by atoms with Crippen LogP contribution in [0.1, 0.15) is 64.6 Å². The van der Waals surface area contributed by atoms with Crippen molar-refractivity contribution in [2.45, 2.75) is 78.5 Å². The summed E-state index contributed by atoms with van der Waals surface area (Å²) in [7, 11) is 0. The van der Waals surface area contributed by atoms with Crippen molar-refractivity contribution in [3.05, 3.63) is 70.0 Å². The van der Waals surface area contributed by atoms with Gasteiger partial charge in [-0.3, -0.25) is 4.79 Å². The monoisotopic (exact) mass is 576 g/mol. The van der Waals surface area contributed by atoms with Gasteiger partial charge in [0, 0.05) is 11.5 Å². The Labute approximate surface area is 246 Å². The number of aliphatic hydroxyl groups is 1. The quantitative estimate of drug-likeness (QED) is 0.328. The van der Waals surface area contributed by atoms with Gasteiger partial charge >= 0.3 is 5.97 Å². The Morgan fingerprint density at radius 3 is 2.49 bits per heavy atom. The largest absolute Gasteiger partial charge is 0.450 e. The van der Waals surface area contributed by atoms with Gasteiger partial charge in [-0.2, -0.15) is 0 Å². The summed E-state index contributed by atoms with van der Waals surface area (Å²) in [6.07, 6.45) is 2.67. The second kappa shape index (κ2) is 9.46. The van der Waals surface area contributed by atoms with Crippen molar-refractivity contribution in [3.8, 4) is 11.1 Å². The number of Topliss-reactive ketones (excluding diaryl/α,β-unsaturated/α-hetero) is 1. The van der Waals surface area contributed by atoms with Crippen molar-refractivity contribution < 1.29 is 28.9 Å². The molecule has 0 radical (unpaired) electrons. The van der Waals surface area contributed by atoms with Crippen LogP contribution in [0.3, 0.4) is 0 Å². The van der Waals surface area contributed by atoms with Crippen LogP contribution >= 0.6 is 11.3 Å². The first-order valence-corrected chi connectivity index (χ1v) is 15.4. The van der Waals surface area contributed by atoms with Crippen LogP contribution in [0.5, 0.6) is 0 Å². The van der Waals surface area contributed by atoms with Crippen LogP contribution in [0, 0.1) is 28.6 Å². The molecule has 2 heterocycles. The van der Waals surface area contributed by atoms with Gasteiger partial charge < -0.3 is 19.3 Å². The van der Waals surface area contributed by atoms with Crippen LogP contribution in [-0.2, 0) is 19.0 Å². The predicted octanol–water partition coefficient (Wildman–Crippen LogP) is 6.60. The van der Waals surface area contributed by atoms with Gasteiger partial charge in [0.1, 0.15) is 11.0 Å². The number of fused-ring (bicyclic) bond motifs is 3. The van der Waals surface area contributed by atoms with E-state index < -0.39 is 40.9 Å². The maximum atomic E-state index is 14.9. The number of esters is 1. The smallest absolute Gasteiger partial charge is 0.349 e. The third-order valence-electron chi connectivity index (χ3n) is 10.4. The van der Waals surface area contributed by atoms with E-state index in [1.807, 2.05) is 81.6 Å². The summed E-state index contributed by atoms with van der Waals surface area (Å²) in [6.45, 7) is 14.2. The third-order valence-corrected chi connectivity index (χ3v) is 11.3. The summed E-state index contributed by atoms with van der Waals surface area (Å²) < 4.78 is 18.9. The summed E-state index contributed by atoms with van der Waals surface area (Å²) in [4.78, 5) is 29.3. The van der Waals surface area contributed by atoms with Crippen LogP contribution in [0.25, 0.3) is 11.1 Å². The molecule has 4 aliphatic rings. The number of rotatable bonds is 3. The molecule has 218 valence electrons. The second-order valence-corrected chi connectivity index (χ2v) is 14.4. The van der Waals surface area contributed by atoms with Gasteiger partial charge in [-0.1, -0.05) is 70.2 Å². The molecule has 6 rings (SSSR count). The van der Waals surface area contributed by atoms with Gasteiger partial charge in [0.25, 0.3) is 0 Å². The molecule has 1 N–H and O–H groups in total. The van der Waals surface area contributed by atoms with Crippen LogP contribution in [0.2, 0.25) is 0 Å². The van der Waals surface area contributed by atoms with E-state index in [1.165, 1.54) is 11.3 Å². The zero-order valence-corrected chi connectivity index (χ0v) is 25.7. The lowest BCUT2D eigenvalue weighted by molar-refractivity contribution is -0.302. The third kappa shape index (κ3) is 3.99. The molecular formula is C34H40O6S. The molecule has 1 saturated carbocycles. The Kier molecular flexibility index (Phi) is 6.59. The highest BCUT2D eigenvalue weighted by atomic mass is 32.1. The molecule has 1 saturated heterocycles. The van der Waals surface area contributed by atoms with Gasteiger partial charge in [-0.25, -0.2) is 4.79 Å². The van der Waals surface area contributed by atoms with E-state index in [1.54, 1.807) is 0 Å². The van der Waals surface area contributed by atoms with Crippen molar-refractivity contribution in [2.75, 3.05) is 6.61 Å². The minimum absolute atomic E-state index is 0.0378. The van der Waals surface area contributed by atoms with Gasteiger partial charge in [-0.15, -0.1) is 11.3 Å². The summed E-state index contributed by atoms with van der Waals surface area (Å²) in [6, 6.07) is 11.6. The van der Waals surface area contributed by atoms with Crippen LogP contribution in [-0.4, -0.2) is 47.1 Å². The molecule has 7 heteroatoms. The van der Waals surface area contributed by atoms with E-state index >= 15 is 0 Å². The highest BCUT2D eigenvalue weighted by molar-refractivity contribution is 7.12. The number of hydrogen-bond donors (Lipinski definition) is 1. The topological polar surface area (TPSA) is 82.1 Å². The molecule has 1 aliphatic heterocycles. The van der Waals surface area contributed by atoms with Crippen molar-refractivity contribution in [1.82, 2.24) is 0 Å². The molecule has 6 nitrogen and oxygen atoms in total. The SMILES string of the molecule is CC1=CC23C(=O)[C@@H](C=C4COC(C)(C)O[C@H]4[C@]2(O)[C@H]1OC(=O)c1sccc1-c1ccccc1)C(C)(C)[C@@H](C)CC3C. The van der Waals surface area contributed by atoms with Gasteiger partial charge in [0.15, 0.2) is 23.3 Å². The maximum Gasteiger partial charge on any atom is 0.349 e. The van der Waals surface area contributed by atoms with Crippen molar-refractivity contribution in [1.29, 1.82) is 0 Å². The van der Waals surface area contributed by atoms with Crippen LogP contribution in [0.4, 0.5) is 0 Å². The fraction of sp³-hybridized carbons (Fsp3) is 0.529. The van der Waals surface area contributed by atoms with Gasteiger partial charge in [-0.05, 0) is 72.6 Å². The molecule has 1 aromatic heterocycles. The Bertz CT molecular complexity index is 1450. The number of thiophene rings is 1. The maximum absolute atomic E-state index is 14.9. The lowest BCUT2D eigenvalue weighted by atomic mass is 9.59. The van der Waals surface area contributed by atoms with Crippen LogP contribution in [0.15, 0.2) is 65.1 Å². The Hall–Kier alpha value is -2.58. The van der Waals surface area contributed by atoms with E-state index in [0.717, 1.165) is 23.1 Å². The minimum Gasteiger partial charge on any atom is -0.450 e. The van der Waals surface area contributed by atoms with E-state index in [-0.39, 0.29) is 29.6 Å². The zero-order chi connectivity index (χ0) is 29.5. The van der Waals surface area contributed by atoms with Crippen molar-refractivity contribution in [2.24, 2.45) is 28.6 Å². The lowest BCUT2D eigenvalue weighted by Crippen LogP contribution is -2.68. The number of ketones is 1. The van der Waals surface area contributed by atoms with Gasteiger partial charge in [0.05, 0.1) is 12.0 Å². The van der Waals surface area contributed by atoms with Crippen molar-refractivity contribution >= 4 is 23.1 Å². The first-order valence-electron chi connectivity index (χ1n) is 14.6. The minimum atomic E-state index is -1.85. The molecule has 1 aromatic carbocycles. The molecule has 2 bridgehead atoms. The predicted molar refractivity (Wildman–Crippen MR) is 158 cm³/mol. The number of benzene rings is 1. The highest BCUT2D eigenvalue weighted by Gasteiger charge is 2.74. The molecule has 2 fully saturated rings. The first-order chi connectivity index (χ1) is 19.2. The Morgan fingerprint density at radius 1 is 1.07 bits per heavy atom. The number of allylic oxidation sites excluding steroid dienone is 1. The molecular weight excluding hydrogens is 536 g/mol. The molecule has 41 heavy (non-hydrogen) atoms. The average Bonchev–Trinajstić information content (AvgIpc) is 3.47. The summed E-state index contributed by atoms with van der Waals surface area (Å²) in [5.41, 5.74) is -0.428. The highest BCUT2D eigenvalue weighted by Crippen LogP contribution is 2.64. The first kappa shape index (κ1) is 28.5. The number of hydrogen-bond acceptors (Lipinski definition) is 7. The molecule has 2 aromatic rings. The fourth-order valence-corrected chi connectivity index (χ4v) is 8.63. The number of ether oxygens (including phenoxy) is 3. The van der Waals surface area contributed by atoms with Gasteiger partial charge in [0.2, 0.25) is 0 Å². The molecule has 2 unspecified atom stereocenters.